The first kappa shape index (κ1) is 14.5. The van der Waals surface area contributed by atoms with Gasteiger partial charge in [0.25, 0.3) is 0 Å². The molecule has 0 radical (unpaired) electrons. The number of Topliss-reactive ketones (excluding diaryl/α,β-unsaturated/α-hetero) is 2. The van der Waals surface area contributed by atoms with E-state index in [-0.39, 0.29) is 24.3 Å². The predicted octanol–water partition coefficient (Wildman–Crippen LogP) is 3.07. The van der Waals surface area contributed by atoms with E-state index in [1.807, 2.05) is 12.1 Å². The van der Waals surface area contributed by atoms with Gasteiger partial charge in [-0.25, -0.2) is 0 Å². The first-order valence-corrected chi connectivity index (χ1v) is 6.57. The van der Waals surface area contributed by atoms with Crippen LogP contribution in [-0.2, 0) is 9.59 Å². The van der Waals surface area contributed by atoms with Crippen molar-refractivity contribution in [1.82, 2.24) is 0 Å². The van der Waals surface area contributed by atoms with Crippen molar-refractivity contribution in [1.29, 1.82) is 5.41 Å². The zero-order chi connectivity index (χ0) is 14.7. The highest BCUT2D eigenvalue weighted by Gasteiger charge is 2.23. The fourth-order valence-electron chi connectivity index (χ4n) is 2.06. The van der Waals surface area contributed by atoms with Gasteiger partial charge in [-0.3, -0.25) is 15.0 Å². The van der Waals surface area contributed by atoms with Crippen molar-refractivity contribution in [2.24, 2.45) is 0 Å². The van der Waals surface area contributed by atoms with Gasteiger partial charge in [-0.15, -0.1) is 0 Å². The molecule has 20 heavy (non-hydrogen) atoms. The summed E-state index contributed by atoms with van der Waals surface area (Å²) < 4.78 is 5.14. The molecule has 1 aliphatic rings. The summed E-state index contributed by atoms with van der Waals surface area (Å²) in [7, 11) is 1.54. The number of ketones is 2. The Morgan fingerprint density at radius 2 is 2.00 bits per heavy atom. The maximum atomic E-state index is 11.7. The Bertz CT molecular complexity index is 620. The summed E-state index contributed by atoms with van der Waals surface area (Å²) in [6, 6.07) is 5.32. The van der Waals surface area contributed by atoms with Crippen LogP contribution in [0.25, 0.3) is 6.08 Å². The minimum Gasteiger partial charge on any atom is -0.495 e. The quantitative estimate of drug-likeness (QED) is 0.852. The summed E-state index contributed by atoms with van der Waals surface area (Å²) in [5, 5.41) is 7.96. The zero-order valence-electron chi connectivity index (χ0n) is 11.0. The Balaban J connectivity index is 2.28. The molecule has 0 saturated heterocycles. The number of hydrogen-bond acceptors (Lipinski definition) is 4. The summed E-state index contributed by atoms with van der Waals surface area (Å²) in [6.07, 6.45) is 2.68. The normalized spacial score (nSPS) is 18.3. The maximum Gasteiger partial charge on any atom is 0.188 e. The van der Waals surface area contributed by atoms with E-state index < -0.39 is 5.78 Å². The van der Waals surface area contributed by atoms with Gasteiger partial charge < -0.3 is 4.74 Å². The van der Waals surface area contributed by atoms with Crippen molar-refractivity contribution in [2.45, 2.75) is 19.3 Å². The van der Waals surface area contributed by atoms with Crippen LogP contribution in [0.4, 0.5) is 0 Å². The van der Waals surface area contributed by atoms with Crippen molar-refractivity contribution in [3.63, 3.8) is 0 Å². The number of rotatable bonds is 2. The van der Waals surface area contributed by atoms with Crippen molar-refractivity contribution in [2.75, 3.05) is 7.11 Å². The number of halogens is 1. The minimum atomic E-state index is -0.417. The second kappa shape index (κ2) is 6.01. The smallest absolute Gasteiger partial charge is 0.188 e. The van der Waals surface area contributed by atoms with E-state index >= 15 is 0 Å². The van der Waals surface area contributed by atoms with Gasteiger partial charge in [0.15, 0.2) is 11.6 Å². The lowest BCUT2D eigenvalue weighted by Gasteiger charge is -2.05. The van der Waals surface area contributed by atoms with Crippen LogP contribution in [0.15, 0.2) is 23.8 Å². The van der Waals surface area contributed by atoms with Gasteiger partial charge in [-0.2, -0.15) is 0 Å². The molecule has 0 bridgehead atoms. The largest absolute Gasteiger partial charge is 0.495 e. The SMILES string of the molecule is COc1cc(/C=C2\CCC(=O)C(=N)C(=O)C2)ccc1Cl. The Kier molecular flexibility index (Phi) is 4.35. The first-order chi connectivity index (χ1) is 9.51. The Labute approximate surface area is 121 Å². The highest BCUT2D eigenvalue weighted by molar-refractivity contribution is 6.65. The molecule has 1 N–H and O–H groups in total. The molecule has 0 heterocycles. The fourth-order valence-corrected chi connectivity index (χ4v) is 2.26. The average molecular weight is 292 g/mol. The number of hydrogen-bond donors (Lipinski definition) is 1. The molecule has 1 fully saturated rings. The molecule has 0 aromatic heterocycles. The van der Waals surface area contributed by atoms with Gasteiger partial charge in [-0.05, 0) is 24.1 Å². The summed E-state index contributed by atoms with van der Waals surface area (Å²) in [6.45, 7) is 0. The molecular formula is C15H14ClNO3. The molecule has 2 rings (SSSR count). The van der Waals surface area contributed by atoms with E-state index in [1.54, 1.807) is 12.1 Å². The third kappa shape index (κ3) is 3.14. The van der Waals surface area contributed by atoms with Gasteiger partial charge in [-0.1, -0.05) is 29.3 Å². The van der Waals surface area contributed by atoms with E-state index in [9.17, 15) is 9.59 Å². The van der Waals surface area contributed by atoms with Gasteiger partial charge in [0.2, 0.25) is 0 Å². The molecule has 0 unspecified atom stereocenters. The lowest BCUT2D eigenvalue weighted by Crippen LogP contribution is -2.19. The van der Waals surface area contributed by atoms with Crippen LogP contribution < -0.4 is 4.74 Å². The molecule has 1 aromatic rings. The topological polar surface area (TPSA) is 67.2 Å². The number of methoxy groups -OCH3 is 1. The zero-order valence-corrected chi connectivity index (χ0v) is 11.8. The fraction of sp³-hybridized carbons (Fsp3) is 0.267. The average Bonchev–Trinajstić information content (AvgIpc) is 2.55. The lowest BCUT2D eigenvalue weighted by molar-refractivity contribution is -0.116. The lowest BCUT2D eigenvalue weighted by atomic mass is 10.0. The number of benzene rings is 1. The Hall–Kier alpha value is -1.94. The van der Waals surface area contributed by atoms with Crippen molar-refractivity contribution >= 4 is 35.0 Å². The summed E-state index contributed by atoms with van der Waals surface area (Å²) in [5.41, 5.74) is 1.31. The van der Waals surface area contributed by atoms with Crippen LogP contribution in [0.2, 0.25) is 5.02 Å². The Morgan fingerprint density at radius 3 is 2.70 bits per heavy atom. The van der Waals surface area contributed by atoms with Gasteiger partial charge in [0.05, 0.1) is 12.1 Å². The number of allylic oxidation sites excluding steroid dienone is 1. The van der Waals surface area contributed by atoms with Crippen LogP contribution in [0.1, 0.15) is 24.8 Å². The molecule has 1 aliphatic carbocycles. The number of ether oxygens (including phenoxy) is 1. The summed E-state index contributed by atoms with van der Waals surface area (Å²) in [5.74, 6) is -0.239. The van der Waals surface area contributed by atoms with E-state index in [2.05, 4.69) is 0 Å². The van der Waals surface area contributed by atoms with Gasteiger partial charge in [0.1, 0.15) is 11.5 Å². The highest BCUT2D eigenvalue weighted by Crippen LogP contribution is 2.27. The van der Waals surface area contributed by atoms with Crippen LogP contribution in [0.5, 0.6) is 5.75 Å². The molecule has 1 saturated carbocycles. The molecule has 5 heteroatoms. The van der Waals surface area contributed by atoms with Gasteiger partial charge in [0, 0.05) is 12.8 Å². The minimum absolute atomic E-state index is 0.121. The van der Waals surface area contributed by atoms with Crippen LogP contribution in [-0.4, -0.2) is 24.4 Å². The van der Waals surface area contributed by atoms with Crippen molar-refractivity contribution < 1.29 is 14.3 Å². The number of carbonyl (C=O) groups is 2. The molecule has 104 valence electrons. The van der Waals surface area contributed by atoms with Crippen LogP contribution in [0.3, 0.4) is 0 Å². The molecule has 4 nitrogen and oxygen atoms in total. The van der Waals surface area contributed by atoms with Crippen molar-refractivity contribution in [3.8, 4) is 5.75 Å². The van der Waals surface area contributed by atoms with E-state index in [1.165, 1.54) is 7.11 Å². The molecule has 0 spiro atoms. The third-order valence-electron chi connectivity index (χ3n) is 3.16. The molecule has 0 atom stereocenters. The van der Waals surface area contributed by atoms with E-state index in [0.717, 1.165) is 11.1 Å². The highest BCUT2D eigenvalue weighted by atomic mass is 35.5. The third-order valence-corrected chi connectivity index (χ3v) is 3.48. The number of carbonyl (C=O) groups excluding carboxylic acids is 2. The van der Waals surface area contributed by atoms with Crippen LogP contribution >= 0.6 is 11.6 Å². The molecule has 1 aromatic carbocycles. The Morgan fingerprint density at radius 1 is 1.25 bits per heavy atom. The number of nitrogens with one attached hydrogen (secondary N) is 1. The second-order valence-corrected chi connectivity index (χ2v) is 5.00. The van der Waals surface area contributed by atoms with E-state index in [0.29, 0.717) is 17.2 Å². The predicted molar refractivity (Wildman–Crippen MR) is 77.6 cm³/mol. The monoisotopic (exact) mass is 291 g/mol. The molecular weight excluding hydrogens is 278 g/mol. The first-order valence-electron chi connectivity index (χ1n) is 6.19. The molecule has 0 aliphatic heterocycles. The molecule has 0 amide bonds. The summed E-state index contributed by atoms with van der Waals surface area (Å²) >= 11 is 5.95. The van der Waals surface area contributed by atoms with Gasteiger partial charge >= 0.3 is 0 Å². The standard InChI is InChI=1S/C15H14ClNO3/c1-20-14-8-10(2-4-11(14)16)6-9-3-5-12(18)15(17)13(19)7-9/h2,4,6,8,17H,3,5,7H2,1H3/b9-6+,17-15?. The van der Waals surface area contributed by atoms with Crippen LogP contribution in [0, 0.1) is 5.41 Å². The maximum absolute atomic E-state index is 11.7. The van der Waals surface area contributed by atoms with E-state index in [4.69, 9.17) is 21.7 Å². The summed E-state index contributed by atoms with van der Waals surface area (Å²) in [4.78, 5) is 23.1. The van der Waals surface area contributed by atoms with Crippen molar-refractivity contribution in [3.05, 3.63) is 34.4 Å². The second-order valence-electron chi connectivity index (χ2n) is 4.59.